The Morgan fingerprint density at radius 3 is 2.71 bits per heavy atom. The van der Waals surface area contributed by atoms with Gasteiger partial charge in [0.1, 0.15) is 16.5 Å². The number of nitrogens with zero attached hydrogens (tertiary/aromatic N) is 2. The number of hydrogen-bond donors (Lipinski definition) is 1. The van der Waals surface area contributed by atoms with Gasteiger partial charge in [-0.15, -0.1) is 0 Å². The van der Waals surface area contributed by atoms with Gasteiger partial charge in [0.25, 0.3) is 0 Å². The Labute approximate surface area is 110 Å². The largest absolute Gasteiger partial charge is 0.382 e. The molecule has 0 aliphatic rings. The fraction of sp³-hybridized carbons (Fsp3) is 0.0909. The highest BCUT2D eigenvalue weighted by Gasteiger charge is 2.17. The standard InChI is InChI=1S/C11H7BrClFN2O/c12-10-3-7(8(14)5-16-10)11(17)9-2-1-6(13)4-15-9/h1-5,11,17H. The van der Waals surface area contributed by atoms with Crippen molar-refractivity contribution < 1.29 is 9.50 Å². The van der Waals surface area contributed by atoms with E-state index in [1.807, 2.05) is 0 Å². The van der Waals surface area contributed by atoms with Crippen molar-refractivity contribution in [3.63, 3.8) is 0 Å². The zero-order valence-corrected chi connectivity index (χ0v) is 10.8. The van der Waals surface area contributed by atoms with E-state index in [1.165, 1.54) is 12.3 Å². The molecule has 2 heterocycles. The summed E-state index contributed by atoms with van der Waals surface area (Å²) in [5.74, 6) is -0.586. The Morgan fingerprint density at radius 2 is 2.06 bits per heavy atom. The van der Waals surface area contributed by atoms with Gasteiger partial charge in [-0.05, 0) is 34.1 Å². The van der Waals surface area contributed by atoms with E-state index in [1.54, 1.807) is 12.1 Å². The number of aliphatic hydroxyl groups excluding tert-OH is 1. The highest BCUT2D eigenvalue weighted by atomic mass is 79.9. The summed E-state index contributed by atoms with van der Waals surface area (Å²) >= 11 is 8.80. The van der Waals surface area contributed by atoms with Gasteiger partial charge in [-0.1, -0.05) is 11.6 Å². The summed E-state index contributed by atoms with van der Waals surface area (Å²) in [5.41, 5.74) is 0.438. The third kappa shape index (κ3) is 2.80. The first-order valence-electron chi connectivity index (χ1n) is 4.68. The molecule has 0 spiro atoms. The predicted molar refractivity (Wildman–Crippen MR) is 65.2 cm³/mol. The van der Waals surface area contributed by atoms with Gasteiger partial charge >= 0.3 is 0 Å². The molecule has 0 aliphatic heterocycles. The monoisotopic (exact) mass is 316 g/mol. The van der Waals surface area contributed by atoms with Crippen molar-refractivity contribution in [2.24, 2.45) is 0 Å². The van der Waals surface area contributed by atoms with Crippen molar-refractivity contribution in [2.75, 3.05) is 0 Å². The molecule has 6 heteroatoms. The van der Waals surface area contributed by atoms with E-state index < -0.39 is 11.9 Å². The van der Waals surface area contributed by atoms with Crippen LogP contribution in [0.15, 0.2) is 35.2 Å². The summed E-state index contributed by atoms with van der Waals surface area (Å²) in [7, 11) is 0. The maximum absolute atomic E-state index is 13.5. The van der Waals surface area contributed by atoms with Crippen LogP contribution in [0.1, 0.15) is 17.4 Å². The molecule has 2 rings (SSSR count). The fourth-order valence-electron chi connectivity index (χ4n) is 1.35. The molecule has 0 fully saturated rings. The van der Waals surface area contributed by atoms with Gasteiger partial charge in [-0.3, -0.25) is 4.98 Å². The molecule has 0 saturated heterocycles. The lowest BCUT2D eigenvalue weighted by atomic mass is 10.1. The number of hydrogen-bond acceptors (Lipinski definition) is 3. The first-order valence-corrected chi connectivity index (χ1v) is 5.85. The molecular formula is C11H7BrClFN2O. The normalized spacial score (nSPS) is 12.5. The molecule has 0 radical (unpaired) electrons. The Hall–Kier alpha value is -1.04. The molecule has 0 saturated carbocycles. The molecule has 1 N–H and O–H groups in total. The SMILES string of the molecule is OC(c1ccc(Cl)cn1)c1cc(Br)ncc1F. The number of halogens is 3. The second-order valence-electron chi connectivity index (χ2n) is 3.33. The van der Waals surface area contributed by atoms with E-state index in [4.69, 9.17) is 11.6 Å². The highest BCUT2D eigenvalue weighted by molar-refractivity contribution is 9.10. The Kier molecular flexibility index (Phi) is 3.71. The molecule has 1 unspecified atom stereocenters. The zero-order chi connectivity index (χ0) is 12.4. The van der Waals surface area contributed by atoms with Crippen LogP contribution in [-0.4, -0.2) is 15.1 Å². The van der Waals surface area contributed by atoms with Crippen LogP contribution in [0.3, 0.4) is 0 Å². The van der Waals surface area contributed by atoms with Gasteiger partial charge in [-0.2, -0.15) is 0 Å². The molecule has 0 aliphatic carbocycles. The van der Waals surface area contributed by atoms with Crippen LogP contribution in [-0.2, 0) is 0 Å². The van der Waals surface area contributed by atoms with Crippen LogP contribution in [0, 0.1) is 5.82 Å². The fourth-order valence-corrected chi connectivity index (χ4v) is 1.81. The maximum Gasteiger partial charge on any atom is 0.147 e. The Balaban J connectivity index is 2.39. The van der Waals surface area contributed by atoms with E-state index in [0.29, 0.717) is 15.3 Å². The number of aromatic nitrogens is 2. The molecule has 2 aromatic heterocycles. The third-order valence-corrected chi connectivity index (χ3v) is 2.83. The molecule has 2 aromatic rings. The first-order chi connectivity index (χ1) is 8.08. The average molecular weight is 318 g/mol. The Bertz CT molecular complexity index is 535. The molecular weight excluding hydrogens is 310 g/mol. The van der Waals surface area contributed by atoms with Crippen LogP contribution in [0.4, 0.5) is 4.39 Å². The van der Waals surface area contributed by atoms with Gasteiger partial charge in [0.15, 0.2) is 0 Å². The molecule has 0 amide bonds. The number of rotatable bonds is 2. The van der Waals surface area contributed by atoms with Gasteiger partial charge in [0.05, 0.1) is 16.9 Å². The minimum absolute atomic E-state index is 0.113. The van der Waals surface area contributed by atoms with Crippen LogP contribution >= 0.6 is 27.5 Å². The molecule has 0 bridgehead atoms. The van der Waals surface area contributed by atoms with Gasteiger partial charge in [0.2, 0.25) is 0 Å². The average Bonchev–Trinajstić information content (AvgIpc) is 2.32. The molecule has 1 atom stereocenters. The minimum Gasteiger partial charge on any atom is -0.382 e. The summed E-state index contributed by atoms with van der Waals surface area (Å²) in [6, 6.07) is 4.54. The Morgan fingerprint density at radius 1 is 1.29 bits per heavy atom. The van der Waals surface area contributed by atoms with Crippen LogP contribution in [0.2, 0.25) is 5.02 Å². The van der Waals surface area contributed by atoms with Crippen LogP contribution in [0.25, 0.3) is 0 Å². The van der Waals surface area contributed by atoms with Gasteiger partial charge < -0.3 is 5.11 Å². The lowest BCUT2D eigenvalue weighted by molar-refractivity contribution is 0.209. The smallest absolute Gasteiger partial charge is 0.147 e. The van der Waals surface area contributed by atoms with Crippen molar-refractivity contribution in [3.8, 4) is 0 Å². The van der Waals surface area contributed by atoms with E-state index in [9.17, 15) is 9.50 Å². The number of pyridine rings is 2. The summed E-state index contributed by atoms with van der Waals surface area (Å²) in [4.78, 5) is 7.66. The minimum atomic E-state index is -1.15. The quantitative estimate of drug-likeness (QED) is 0.866. The van der Waals surface area contributed by atoms with Crippen molar-refractivity contribution in [1.29, 1.82) is 0 Å². The first kappa shape index (κ1) is 12.4. The van der Waals surface area contributed by atoms with Gasteiger partial charge in [-0.25, -0.2) is 9.37 Å². The van der Waals surface area contributed by atoms with E-state index in [-0.39, 0.29) is 5.56 Å². The van der Waals surface area contributed by atoms with Gasteiger partial charge in [0, 0.05) is 11.8 Å². The van der Waals surface area contributed by atoms with E-state index >= 15 is 0 Å². The summed E-state index contributed by atoms with van der Waals surface area (Å²) in [5, 5.41) is 10.4. The second kappa shape index (κ2) is 5.08. The molecule has 17 heavy (non-hydrogen) atoms. The van der Waals surface area contributed by atoms with Crippen molar-refractivity contribution in [1.82, 2.24) is 9.97 Å². The zero-order valence-electron chi connectivity index (χ0n) is 8.44. The predicted octanol–water partition coefficient (Wildman–Crippen LogP) is 3.11. The van der Waals surface area contributed by atoms with Crippen molar-refractivity contribution in [3.05, 3.63) is 57.3 Å². The highest BCUT2D eigenvalue weighted by Crippen LogP contribution is 2.25. The van der Waals surface area contributed by atoms with Crippen LogP contribution in [0.5, 0.6) is 0 Å². The third-order valence-electron chi connectivity index (χ3n) is 2.18. The number of aliphatic hydroxyl groups is 1. The second-order valence-corrected chi connectivity index (χ2v) is 4.58. The summed E-state index contributed by atoms with van der Waals surface area (Å²) in [6.45, 7) is 0. The molecule has 0 aromatic carbocycles. The van der Waals surface area contributed by atoms with Crippen LogP contribution < -0.4 is 0 Å². The summed E-state index contributed by atoms with van der Waals surface area (Å²) in [6.07, 6.45) is 1.29. The van der Waals surface area contributed by atoms with Crippen molar-refractivity contribution in [2.45, 2.75) is 6.10 Å². The topological polar surface area (TPSA) is 46.0 Å². The maximum atomic E-state index is 13.5. The molecule has 3 nitrogen and oxygen atoms in total. The molecule has 88 valence electrons. The van der Waals surface area contributed by atoms with E-state index in [0.717, 1.165) is 6.20 Å². The van der Waals surface area contributed by atoms with E-state index in [2.05, 4.69) is 25.9 Å². The lowest BCUT2D eigenvalue weighted by Crippen LogP contribution is -2.05. The van der Waals surface area contributed by atoms with Crippen molar-refractivity contribution >= 4 is 27.5 Å². The lowest BCUT2D eigenvalue weighted by Gasteiger charge is -2.11. The summed E-state index contributed by atoms with van der Waals surface area (Å²) < 4.78 is 13.9.